The molecule has 0 aliphatic heterocycles. The lowest BCUT2D eigenvalue weighted by Gasteiger charge is -2.10. The van der Waals surface area contributed by atoms with Gasteiger partial charge in [0.2, 0.25) is 5.76 Å². The first-order valence-corrected chi connectivity index (χ1v) is 7.77. The van der Waals surface area contributed by atoms with Gasteiger partial charge in [-0.3, -0.25) is 4.72 Å². The van der Waals surface area contributed by atoms with E-state index in [1.807, 2.05) is 0 Å². The van der Waals surface area contributed by atoms with Crippen LogP contribution in [0, 0.1) is 6.92 Å². The van der Waals surface area contributed by atoms with Crippen molar-refractivity contribution in [2.45, 2.75) is 11.8 Å². The Morgan fingerprint density at radius 1 is 1.29 bits per heavy atom. The van der Waals surface area contributed by atoms with E-state index in [2.05, 4.69) is 4.72 Å². The quantitative estimate of drug-likeness (QED) is 0.881. The number of benzene rings is 1. The molecule has 0 unspecified atom stereocenters. The van der Waals surface area contributed by atoms with Crippen LogP contribution in [-0.2, 0) is 10.0 Å². The highest BCUT2D eigenvalue weighted by Crippen LogP contribution is 2.32. The fourth-order valence-corrected chi connectivity index (χ4v) is 3.51. The Morgan fingerprint density at radius 3 is 2.33 bits per heavy atom. The smallest absolute Gasteiger partial charge is 0.371 e. The lowest BCUT2D eigenvalue weighted by Crippen LogP contribution is -2.14. The monoisotopic (exact) mass is 349 g/mol. The number of hydrogen-bond donors (Lipinski definition) is 2. The van der Waals surface area contributed by atoms with Crippen LogP contribution in [-0.4, -0.2) is 19.5 Å². The fraction of sp³-hybridized carbons (Fsp3) is 0.0833. The Morgan fingerprint density at radius 2 is 1.86 bits per heavy atom. The number of carboxylic acid groups (broad SMARTS) is 1. The number of nitrogens with one attached hydrogen (secondary N) is 1. The van der Waals surface area contributed by atoms with Crippen molar-refractivity contribution in [1.82, 2.24) is 0 Å². The normalized spacial score (nSPS) is 11.4. The maximum atomic E-state index is 12.3. The van der Waals surface area contributed by atoms with Crippen molar-refractivity contribution < 1.29 is 22.7 Å². The first-order valence-electron chi connectivity index (χ1n) is 5.53. The summed E-state index contributed by atoms with van der Waals surface area (Å²) in [5.41, 5.74) is 0.0123. The number of sulfonamides is 1. The van der Waals surface area contributed by atoms with Gasteiger partial charge < -0.3 is 9.52 Å². The SMILES string of the molecule is Cc1oc(C(=O)O)cc1S(=O)(=O)Nc1c(Cl)cccc1Cl. The summed E-state index contributed by atoms with van der Waals surface area (Å²) in [6.45, 7) is 1.34. The number of anilines is 1. The zero-order valence-electron chi connectivity index (χ0n) is 10.6. The molecular weight excluding hydrogens is 341 g/mol. The van der Waals surface area contributed by atoms with Crippen LogP contribution >= 0.6 is 23.2 Å². The number of aryl methyl sites for hydroxylation is 1. The molecule has 2 N–H and O–H groups in total. The third kappa shape index (κ3) is 3.15. The first kappa shape index (κ1) is 15.7. The van der Waals surface area contributed by atoms with Gasteiger partial charge in [0.15, 0.2) is 0 Å². The highest BCUT2D eigenvalue weighted by Gasteiger charge is 2.25. The van der Waals surface area contributed by atoms with Crippen molar-refractivity contribution in [1.29, 1.82) is 0 Å². The second kappa shape index (κ2) is 5.59. The van der Waals surface area contributed by atoms with Crippen LogP contribution in [0.15, 0.2) is 33.6 Å². The molecule has 0 saturated carbocycles. The van der Waals surface area contributed by atoms with Crippen molar-refractivity contribution in [3.63, 3.8) is 0 Å². The highest BCUT2D eigenvalue weighted by atomic mass is 35.5. The Balaban J connectivity index is 2.46. The predicted octanol–water partition coefficient (Wildman–Crippen LogP) is 3.39. The van der Waals surface area contributed by atoms with Gasteiger partial charge in [-0.1, -0.05) is 29.3 Å². The summed E-state index contributed by atoms with van der Waals surface area (Å²) in [7, 11) is -4.08. The van der Waals surface area contributed by atoms with Gasteiger partial charge in [0, 0.05) is 6.07 Å². The van der Waals surface area contributed by atoms with Crippen LogP contribution in [0.2, 0.25) is 10.0 Å². The molecule has 2 rings (SSSR count). The average Bonchev–Trinajstić information content (AvgIpc) is 2.77. The third-order valence-electron chi connectivity index (χ3n) is 2.57. The van der Waals surface area contributed by atoms with Gasteiger partial charge in [0.25, 0.3) is 10.0 Å². The summed E-state index contributed by atoms with van der Waals surface area (Å²) >= 11 is 11.8. The predicted molar refractivity (Wildman–Crippen MR) is 77.7 cm³/mol. The highest BCUT2D eigenvalue weighted by molar-refractivity contribution is 7.92. The van der Waals surface area contributed by atoms with Crippen molar-refractivity contribution in [2.75, 3.05) is 4.72 Å². The van der Waals surface area contributed by atoms with Crippen LogP contribution in [0.5, 0.6) is 0 Å². The molecule has 0 saturated heterocycles. The lowest BCUT2D eigenvalue weighted by atomic mass is 10.3. The first-order chi connectivity index (χ1) is 9.72. The molecule has 0 aliphatic rings. The van der Waals surface area contributed by atoms with Crippen LogP contribution in [0.4, 0.5) is 5.69 Å². The van der Waals surface area contributed by atoms with E-state index < -0.39 is 21.8 Å². The van der Waals surface area contributed by atoms with Gasteiger partial charge in [0.1, 0.15) is 10.7 Å². The minimum atomic E-state index is -4.08. The van der Waals surface area contributed by atoms with Gasteiger partial charge in [-0.2, -0.15) is 0 Å². The standard InChI is InChI=1S/C12H9Cl2NO5S/c1-6-10(5-9(20-6)12(16)17)21(18,19)15-11-7(13)3-2-4-8(11)14/h2-5,15H,1H3,(H,16,17). The van der Waals surface area contributed by atoms with Crippen LogP contribution in [0.1, 0.15) is 16.3 Å². The summed E-state index contributed by atoms with van der Waals surface area (Å²) in [6, 6.07) is 5.42. The Kier molecular flexibility index (Phi) is 4.18. The molecule has 1 heterocycles. The topological polar surface area (TPSA) is 96.6 Å². The minimum Gasteiger partial charge on any atom is -0.475 e. The summed E-state index contributed by atoms with van der Waals surface area (Å²) < 4.78 is 31.7. The lowest BCUT2D eigenvalue weighted by molar-refractivity contribution is 0.0661. The molecule has 0 bridgehead atoms. The average molecular weight is 350 g/mol. The molecule has 1 aromatic heterocycles. The molecule has 0 amide bonds. The number of furan rings is 1. The van der Waals surface area contributed by atoms with Crippen LogP contribution < -0.4 is 4.72 Å². The van der Waals surface area contributed by atoms with Gasteiger partial charge in [-0.25, -0.2) is 13.2 Å². The van der Waals surface area contributed by atoms with Crippen molar-refractivity contribution in [2.24, 2.45) is 0 Å². The van der Waals surface area contributed by atoms with E-state index in [1.54, 1.807) is 6.07 Å². The van der Waals surface area contributed by atoms with Crippen molar-refractivity contribution in [3.8, 4) is 0 Å². The van der Waals surface area contributed by atoms with Crippen LogP contribution in [0.3, 0.4) is 0 Å². The number of rotatable bonds is 4. The molecule has 112 valence electrons. The number of aromatic carboxylic acids is 1. The molecule has 0 radical (unpaired) electrons. The minimum absolute atomic E-state index is 0.0123. The van der Waals surface area contributed by atoms with E-state index in [1.165, 1.54) is 19.1 Å². The molecule has 2 aromatic rings. The summed E-state index contributed by atoms with van der Waals surface area (Å²) in [5, 5.41) is 9.05. The van der Waals surface area contributed by atoms with E-state index in [0.29, 0.717) is 0 Å². The summed E-state index contributed by atoms with van der Waals surface area (Å²) in [6.07, 6.45) is 0. The molecule has 9 heteroatoms. The van der Waals surface area contributed by atoms with Gasteiger partial charge in [-0.15, -0.1) is 0 Å². The van der Waals surface area contributed by atoms with E-state index in [4.69, 9.17) is 32.7 Å². The molecule has 0 atom stereocenters. The second-order valence-corrected chi connectivity index (χ2v) is 6.50. The fourth-order valence-electron chi connectivity index (χ4n) is 1.62. The van der Waals surface area contributed by atoms with Crippen molar-refractivity contribution >= 4 is 44.9 Å². The Bertz CT molecular complexity index is 793. The molecule has 0 aliphatic carbocycles. The number of para-hydroxylation sites is 1. The number of halogens is 2. The number of carboxylic acids is 1. The second-order valence-electron chi connectivity index (χ2n) is 4.04. The molecule has 21 heavy (non-hydrogen) atoms. The Labute approximate surface area is 130 Å². The number of hydrogen-bond acceptors (Lipinski definition) is 4. The molecule has 6 nitrogen and oxygen atoms in total. The van der Waals surface area contributed by atoms with Gasteiger partial charge in [-0.05, 0) is 19.1 Å². The largest absolute Gasteiger partial charge is 0.475 e. The van der Waals surface area contributed by atoms with E-state index in [9.17, 15) is 13.2 Å². The van der Waals surface area contributed by atoms with E-state index in [-0.39, 0.29) is 26.4 Å². The third-order valence-corrected chi connectivity index (χ3v) is 4.66. The number of carbonyl (C=O) groups is 1. The molecular formula is C12H9Cl2NO5S. The zero-order valence-corrected chi connectivity index (χ0v) is 12.9. The van der Waals surface area contributed by atoms with Gasteiger partial charge >= 0.3 is 5.97 Å². The summed E-state index contributed by atoms with van der Waals surface area (Å²) in [4.78, 5) is 10.5. The zero-order chi connectivity index (χ0) is 15.8. The molecule has 0 spiro atoms. The van der Waals surface area contributed by atoms with E-state index >= 15 is 0 Å². The molecule has 1 aromatic carbocycles. The Hall–Kier alpha value is -1.70. The maximum Gasteiger partial charge on any atom is 0.371 e. The van der Waals surface area contributed by atoms with Crippen molar-refractivity contribution in [3.05, 3.63) is 45.8 Å². The van der Waals surface area contributed by atoms with Gasteiger partial charge in [0.05, 0.1) is 15.7 Å². The molecule has 0 fully saturated rings. The maximum absolute atomic E-state index is 12.3. The van der Waals surface area contributed by atoms with E-state index in [0.717, 1.165) is 6.07 Å². The van der Waals surface area contributed by atoms with Crippen LogP contribution in [0.25, 0.3) is 0 Å². The summed E-state index contributed by atoms with van der Waals surface area (Å²) in [5.74, 6) is -1.89.